The molecule has 118 valence electrons. The highest BCUT2D eigenvalue weighted by Gasteiger charge is 2.14. The second-order valence-corrected chi connectivity index (χ2v) is 6.54. The van der Waals surface area contributed by atoms with Gasteiger partial charge in [-0.15, -0.1) is 11.3 Å². The molecule has 6 heteroatoms. The summed E-state index contributed by atoms with van der Waals surface area (Å²) < 4.78 is 5.90. The molecule has 4 rings (SSSR count). The number of rotatable bonds is 2. The number of aromatic nitrogens is 1. The Morgan fingerprint density at radius 1 is 1.26 bits per heavy atom. The highest BCUT2D eigenvalue weighted by atomic mass is 32.1. The Hall–Kier alpha value is -2.18. The van der Waals surface area contributed by atoms with Crippen LogP contribution in [0.3, 0.4) is 0 Å². The van der Waals surface area contributed by atoms with Gasteiger partial charge >= 0.3 is 0 Å². The van der Waals surface area contributed by atoms with Gasteiger partial charge in [0, 0.05) is 49.0 Å². The topological polar surface area (TPSA) is 58.4 Å². The molecule has 3 heterocycles. The molecule has 0 saturated carbocycles. The van der Waals surface area contributed by atoms with Crippen molar-refractivity contribution in [3.05, 3.63) is 45.6 Å². The molecule has 23 heavy (non-hydrogen) atoms. The molecule has 5 nitrogen and oxygen atoms in total. The summed E-state index contributed by atoms with van der Waals surface area (Å²) in [5.74, 6) is 0.538. The molecule has 1 N–H and O–H groups in total. The number of benzene rings is 1. The van der Waals surface area contributed by atoms with Crippen LogP contribution in [0.5, 0.6) is 0 Å². The van der Waals surface area contributed by atoms with Crippen molar-refractivity contribution in [2.45, 2.75) is 6.92 Å². The van der Waals surface area contributed by atoms with Gasteiger partial charge in [0.15, 0.2) is 16.2 Å². The van der Waals surface area contributed by atoms with Crippen LogP contribution in [0.2, 0.25) is 0 Å². The van der Waals surface area contributed by atoms with Crippen molar-refractivity contribution in [3.63, 3.8) is 0 Å². The number of piperazine rings is 1. The molecule has 0 bridgehead atoms. The van der Waals surface area contributed by atoms with Crippen LogP contribution >= 0.6 is 11.3 Å². The molecule has 1 aromatic carbocycles. The minimum absolute atomic E-state index is 0.0221. The van der Waals surface area contributed by atoms with Crippen molar-refractivity contribution in [3.8, 4) is 10.8 Å². The van der Waals surface area contributed by atoms with Crippen LogP contribution in [0.4, 0.5) is 5.69 Å². The Labute approximate surface area is 137 Å². The van der Waals surface area contributed by atoms with E-state index >= 15 is 0 Å². The van der Waals surface area contributed by atoms with Gasteiger partial charge in [0.05, 0.1) is 5.39 Å². The molecule has 2 aromatic heterocycles. The maximum absolute atomic E-state index is 12.5. The molecule has 0 aliphatic carbocycles. The summed E-state index contributed by atoms with van der Waals surface area (Å²) in [7, 11) is 0. The third kappa shape index (κ3) is 2.75. The standard InChI is InChI=1S/C17H17N3O2S/c1-11-10-23-17(19-11)16-9-14(21)13-8-12(2-3-15(13)22-16)20-6-4-18-5-7-20/h2-3,8-10,18H,4-7H2,1H3. The van der Waals surface area contributed by atoms with Gasteiger partial charge in [0.25, 0.3) is 0 Å². The third-order valence-electron chi connectivity index (χ3n) is 4.02. The van der Waals surface area contributed by atoms with Crippen molar-refractivity contribution >= 4 is 28.0 Å². The average molecular weight is 327 g/mol. The van der Waals surface area contributed by atoms with Crippen molar-refractivity contribution in [1.82, 2.24) is 10.3 Å². The minimum Gasteiger partial charge on any atom is -0.453 e. The van der Waals surface area contributed by atoms with Crippen LogP contribution in [-0.2, 0) is 0 Å². The first-order valence-corrected chi connectivity index (χ1v) is 8.55. The maximum Gasteiger partial charge on any atom is 0.193 e. The Kier molecular flexibility index (Phi) is 3.63. The number of nitrogens with one attached hydrogen (secondary N) is 1. The lowest BCUT2D eigenvalue weighted by atomic mass is 10.1. The number of aryl methyl sites for hydroxylation is 1. The number of hydrogen-bond donors (Lipinski definition) is 1. The Bertz CT molecular complexity index is 910. The van der Waals surface area contributed by atoms with Crippen LogP contribution in [0.1, 0.15) is 5.69 Å². The van der Waals surface area contributed by atoms with Gasteiger partial charge in [0.2, 0.25) is 0 Å². The van der Waals surface area contributed by atoms with E-state index in [4.69, 9.17) is 4.42 Å². The summed E-state index contributed by atoms with van der Waals surface area (Å²) in [5, 5.41) is 6.65. The zero-order valence-electron chi connectivity index (χ0n) is 12.8. The smallest absolute Gasteiger partial charge is 0.193 e. The molecular weight excluding hydrogens is 310 g/mol. The number of fused-ring (bicyclic) bond motifs is 1. The van der Waals surface area contributed by atoms with Crippen LogP contribution in [0.25, 0.3) is 21.7 Å². The van der Waals surface area contributed by atoms with E-state index in [0.717, 1.165) is 42.6 Å². The van der Waals surface area contributed by atoms with Gasteiger partial charge in [-0.25, -0.2) is 4.98 Å². The molecule has 1 fully saturated rings. The van der Waals surface area contributed by atoms with Crippen LogP contribution in [0.15, 0.2) is 38.9 Å². The molecule has 1 aliphatic rings. The lowest BCUT2D eigenvalue weighted by Gasteiger charge is -2.29. The number of hydrogen-bond acceptors (Lipinski definition) is 6. The second kappa shape index (κ2) is 5.79. The van der Waals surface area contributed by atoms with E-state index in [1.165, 1.54) is 11.3 Å². The number of nitrogens with zero attached hydrogens (tertiary/aromatic N) is 2. The quantitative estimate of drug-likeness (QED) is 0.784. The van der Waals surface area contributed by atoms with Crippen molar-refractivity contribution in [1.29, 1.82) is 0 Å². The molecule has 3 aromatic rings. The van der Waals surface area contributed by atoms with Gasteiger partial charge in [-0.3, -0.25) is 4.79 Å². The summed E-state index contributed by atoms with van der Waals surface area (Å²) in [4.78, 5) is 19.2. The Balaban J connectivity index is 1.78. The molecular formula is C17H17N3O2S. The van der Waals surface area contributed by atoms with Crippen LogP contribution < -0.4 is 15.6 Å². The first-order valence-electron chi connectivity index (χ1n) is 7.67. The van der Waals surface area contributed by atoms with Crippen molar-refractivity contribution < 1.29 is 4.42 Å². The molecule has 0 unspecified atom stereocenters. The normalized spacial score (nSPS) is 15.3. The molecule has 0 atom stereocenters. The maximum atomic E-state index is 12.5. The largest absolute Gasteiger partial charge is 0.453 e. The zero-order chi connectivity index (χ0) is 15.8. The van der Waals surface area contributed by atoms with Gasteiger partial charge in [0.1, 0.15) is 5.58 Å². The fraction of sp³-hybridized carbons (Fsp3) is 0.294. The summed E-state index contributed by atoms with van der Waals surface area (Å²) in [5.41, 5.74) is 2.59. The van der Waals surface area contributed by atoms with E-state index in [1.54, 1.807) is 6.07 Å². The van der Waals surface area contributed by atoms with E-state index in [1.807, 2.05) is 30.5 Å². The zero-order valence-corrected chi connectivity index (χ0v) is 13.7. The number of anilines is 1. The summed E-state index contributed by atoms with van der Waals surface area (Å²) >= 11 is 1.49. The highest BCUT2D eigenvalue weighted by Crippen LogP contribution is 2.27. The van der Waals surface area contributed by atoms with E-state index in [9.17, 15) is 4.79 Å². The van der Waals surface area contributed by atoms with Gasteiger partial charge in [-0.2, -0.15) is 0 Å². The van der Waals surface area contributed by atoms with Gasteiger partial charge in [-0.05, 0) is 25.1 Å². The molecule has 1 saturated heterocycles. The summed E-state index contributed by atoms with van der Waals surface area (Å²) in [6.45, 7) is 5.77. The fourth-order valence-corrected chi connectivity index (χ4v) is 3.58. The summed E-state index contributed by atoms with van der Waals surface area (Å²) in [6.07, 6.45) is 0. The third-order valence-corrected chi connectivity index (χ3v) is 5.00. The second-order valence-electron chi connectivity index (χ2n) is 5.69. The lowest BCUT2D eigenvalue weighted by Crippen LogP contribution is -2.43. The molecule has 1 aliphatic heterocycles. The van der Waals surface area contributed by atoms with Gasteiger partial charge < -0.3 is 14.6 Å². The van der Waals surface area contributed by atoms with E-state index in [0.29, 0.717) is 16.7 Å². The van der Waals surface area contributed by atoms with Crippen LogP contribution in [-0.4, -0.2) is 31.2 Å². The molecule has 0 radical (unpaired) electrons. The van der Waals surface area contributed by atoms with E-state index in [2.05, 4.69) is 15.2 Å². The number of thiazole rings is 1. The van der Waals surface area contributed by atoms with Crippen LogP contribution in [0, 0.1) is 6.92 Å². The summed E-state index contributed by atoms with van der Waals surface area (Å²) in [6, 6.07) is 7.39. The van der Waals surface area contributed by atoms with Gasteiger partial charge in [-0.1, -0.05) is 0 Å². The average Bonchev–Trinajstić information content (AvgIpc) is 3.02. The Morgan fingerprint density at radius 3 is 2.83 bits per heavy atom. The van der Waals surface area contributed by atoms with E-state index < -0.39 is 0 Å². The predicted molar refractivity (Wildman–Crippen MR) is 93.4 cm³/mol. The first kappa shape index (κ1) is 14.4. The highest BCUT2D eigenvalue weighted by molar-refractivity contribution is 7.13. The Morgan fingerprint density at radius 2 is 2.09 bits per heavy atom. The van der Waals surface area contributed by atoms with E-state index in [-0.39, 0.29) is 5.43 Å². The monoisotopic (exact) mass is 327 g/mol. The minimum atomic E-state index is -0.0221. The lowest BCUT2D eigenvalue weighted by molar-refractivity contribution is 0.589. The fourth-order valence-electron chi connectivity index (χ4n) is 2.84. The van der Waals surface area contributed by atoms with Crippen molar-refractivity contribution in [2.24, 2.45) is 0 Å². The van der Waals surface area contributed by atoms with Crippen molar-refractivity contribution in [2.75, 3.05) is 31.1 Å². The predicted octanol–water partition coefficient (Wildman–Crippen LogP) is 2.63. The first-order chi connectivity index (χ1) is 11.2. The molecule has 0 spiro atoms. The SMILES string of the molecule is Cc1csc(-c2cc(=O)c3cc(N4CCNCC4)ccc3o2)n1. The molecule has 0 amide bonds.